The van der Waals surface area contributed by atoms with E-state index in [9.17, 15) is 4.79 Å². The van der Waals surface area contributed by atoms with Gasteiger partial charge in [0.05, 0.1) is 0 Å². The molecular formula is C13H16O3S. The van der Waals surface area contributed by atoms with Crippen LogP contribution in [0.1, 0.15) is 36.8 Å². The van der Waals surface area contributed by atoms with Crippen LogP contribution in [0.5, 0.6) is 11.5 Å². The number of fused-ring (bicyclic) bond motifs is 1. The summed E-state index contributed by atoms with van der Waals surface area (Å²) in [5.41, 5.74) is 2.29. The summed E-state index contributed by atoms with van der Waals surface area (Å²) in [6.45, 7) is 4.38. The van der Waals surface area contributed by atoms with Gasteiger partial charge in [0, 0.05) is 6.42 Å². The van der Waals surface area contributed by atoms with Gasteiger partial charge in [0.25, 0.3) is 0 Å². The molecule has 1 heterocycles. The van der Waals surface area contributed by atoms with E-state index in [4.69, 9.17) is 9.47 Å². The summed E-state index contributed by atoms with van der Waals surface area (Å²) in [6.07, 6.45) is 1.37. The quantitative estimate of drug-likeness (QED) is 0.836. The number of ether oxygens (including phenoxy) is 2. The molecule has 17 heavy (non-hydrogen) atoms. The molecule has 0 N–H and O–H groups in total. The Morgan fingerprint density at radius 2 is 2.06 bits per heavy atom. The average molecular weight is 252 g/mol. The highest BCUT2D eigenvalue weighted by atomic mass is 32.1. The summed E-state index contributed by atoms with van der Waals surface area (Å²) >= 11 is 3.86. The highest BCUT2D eigenvalue weighted by Crippen LogP contribution is 2.38. The molecule has 0 radical (unpaired) electrons. The number of benzene rings is 1. The Hall–Kier alpha value is -1.16. The number of carbonyl (C=O) groups excluding carboxylic acids is 1. The molecule has 0 aliphatic carbocycles. The molecule has 4 heteroatoms. The van der Waals surface area contributed by atoms with E-state index in [1.54, 1.807) is 0 Å². The van der Waals surface area contributed by atoms with Crippen molar-refractivity contribution >= 4 is 17.7 Å². The fraction of sp³-hybridized carbons (Fsp3) is 0.462. The van der Waals surface area contributed by atoms with E-state index >= 15 is 0 Å². The Morgan fingerprint density at radius 1 is 1.41 bits per heavy atom. The zero-order chi connectivity index (χ0) is 12.4. The van der Waals surface area contributed by atoms with Crippen molar-refractivity contribution in [2.75, 3.05) is 6.79 Å². The van der Waals surface area contributed by atoms with E-state index in [0.29, 0.717) is 6.42 Å². The molecule has 0 spiro atoms. The fourth-order valence-corrected chi connectivity index (χ4v) is 2.40. The third-order valence-corrected chi connectivity index (χ3v) is 3.30. The van der Waals surface area contributed by atoms with Crippen LogP contribution in [0, 0.1) is 6.92 Å². The molecule has 92 valence electrons. The smallest absolute Gasteiger partial charge is 0.231 e. The number of hydrogen-bond acceptors (Lipinski definition) is 3. The number of aryl methyl sites for hydroxylation is 1. The number of carbonyl (C=O) groups is 1. The van der Waals surface area contributed by atoms with Gasteiger partial charge in [0.1, 0.15) is 0 Å². The minimum absolute atomic E-state index is 0.0751. The van der Waals surface area contributed by atoms with Crippen molar-refractivity contribution in [1.82, 2.24) is 0 Å². The average Bonchev–Trinajstić information content (AvgIpc) is 2.71. The van der Waals surface area contributed by atoms with Gasteiger partial charge < -0.3 is 9.47 Å². The molecule has 1 aliphatic heterocycles. The standard InChI is InChI=1S/C13H16O3S/c1-3-9(5-13(14)17)10-6-12-11(4-8(10)2)15-7-16-12/h4,6,9H,3,5,7H2,1-2H3,(H,14,17). The predicted molar refractivity (Wildman–Crippen MR) is 68.9 cm³/mol. The predicted octanol–water partition coefficient (Wildman–Crippen LogP) is 3.06. The summed E-state index contributed by atoms with van der Waals surface area (Å²) in [4.78, 5) is 11.1. The van der Waals surface area contributed by atoms with Crippen molar-refractivity contribution < 1.29 is 14.3 Å². The largest absolute Gasteiger partial charge is 0.454 e. The highest BCUT2D eigenvalue weighted by Gasteiger charge is 2.20. The van der Waals surface area contributed by atoms with E-state index < -0.39 is 0 Å². The van der Waals surface area contributed by atoms with Crippen LogP contribution in [0.3, 0.4) is 0 Å². The van der Waals surface area contributed by atoms with Crippen LogP contribution in [0.4, 0.5) is 0 Å². The molecule has 0 aromatic heterocycles. The Bertz CT molecular complexity index is 443. The lowest BCUT2D eigenvalue weighted by Gasteiger charge is -2.16. The number of rotatable bonds is 4. The molecule has 0 fully saturated rings. The van der Waals surface area contributed by atoms with Crippen LogP contribution < -0.4 is 9.47 Å². The van der Waals surface area contributed by atoms with Crippen molar-refractivity contribution in [3.05, 3.63) is 23.3 Å². The Morgan fingerprint density at radius 3 is 2.65 bits per heavy atom. The van der Waals surface area contributed by atoms with E-state index in [1.165, 1.54) is 0 Å². The lowest BCUT2D eigenvalue weighted by molar-refractivity contribution is -0.111. The van der Waals surface area contributed by atoms with E-state index in [-0.39, 0.29) is 17.8 Å². The Balaban J connectivity index is 2.33. The van der Waals surface area contributed by atoms with Crippen LogP contribution in [0.15, 0.2) is 12.1 Å². The zero-order valence-corrected chi connectivity index (χ0v) is 10.9. The van der Waals surface area contributed by atoms with Gasteiger partial charge in [0.2, 0.25) is 6.79 Å². The van der Waals surface area contributed by atoms with Crippen LogP contribution in [-0.4, -0.2) is 11.9 Å². The highest BCUT2D eigenvalue weighted by molar-refractivity contribution is 7.96. The maximum absolute atomic E-state index is 11.1. The minimum atomic E-state index is -0.0751. The van der Waals surface area contributed by atoms with Crippen molar-refractivity contribution in [3.8, 4) is 11.5 Å². The normalized spacial score (nSPS) is 14.8. The molecule has 1 aromatic carbocycles. The SMILES string of the molecule is CCC(CC(=O)S)c1cc2c(cc1C)OCO2. The van der Waals surface area contributed by atoms with Gasteiger partial charge in [-0.05, 0) is 42.5 Å². The molecule has 0 amide bonds. The van der Waals surface area contributed by atoms with Crippen LogP contribution in [0.25, 0.3) is 0 Å². The van der Waals surface area contributed by atoms with E-state index in [1.807, 2.05) is 19.1 Å². The summed E-state index contributed by atoms with van der Waals surface area (Å²) in [5.74, 6) is 1.77. The molecule has 2 rings (SSSR count). The molecule has 1 atom stereocenters. The van der Waals surface area contributed by atoms with E-state index in [2.05, 4.69) is 19.6 Å². The molecule has 1 aromatic rings. The molecular weight excluding hydrogens is 236 g/mol. The second kappa shape index (κ2) is 5.00. The first-order valence-electron chi connectivity index (χ1n) is 5.73. The van der Waals surface area contributed by atoms with Crippen molar-refractivity contribution in [2.45, 2.75) is 32.6 Å². The van der Waals surface area contributed by atoms with Gasteiger partial charge in [0.15, 0.2) is 16.6 Å². The number of hydrogen-bond donors (Lipinski definition) is 1. The van der Waals surface area contributed by atoms with Crippen LogP contribution in [0.2, 0.25) is 0 Å². The van der Waals surface area contributed by atoms with Gasteiger partial charge >= 0.3 is 0 Å². The third-order valence-electron chi connectivity index (χ3n) is 3.11. The molecule has 3 nitrogen and oxygen atoms in total. The first-order chi connectivity index (χ1) is 8.11. The van der Waals surface area contributed by atoms with Gasteiger partial charge in [-0.2, -0.15) is 0 Å². The third kappa shape index (κ3) is 2.57. The van der Waals surface area contributed by atoms with E-state index in [0.717, 1.165) is 29.0 Å². The molecule has 0 bridgehead atoms. The molecule has 0 saturated heterocycles. The van der Waals surface area contributed by atoms with Crippen molar-refractivity contribution in [1.29, 1.82) is 0 Å². The van der Waals surface area contributed by atoms with Gasteiger partial charge in [-0.25, -0.2) is 0 Å². The lowest BCUT2D eigenvalue weighted by Crippen LogP contribution is -2.04. The summed E-state index contributed by atoms with van der Waals surface area (Å²) in [7, 11) is 0. The van der Waals surface area contributed by atoms with Crippen LogP contribution >= 0.6 is 12.6 Å². The van der Waals surface area contributed by atoms with Gasteiger partial charge in [-0.3, -0.25) is 4.79 Å². The van der Waals surface area contributed by atoms with Gasteiger partial charge in [-0.15, -0.1) is 12.6 Å². The van der Waals surface area contributed by atoms with Crippen molar-refractivity contribution in [2.24, 2.45) is 0 Å². The summed E-state index contributed by atoms with van der Waals surface area (Å²) in [5, 5.41) is -0.0751. The summed E-state index contributed by atoms with van der Waals surface area (Å²) in [6, 6.07) is 3.96. The molecule has 1 unspecified atom stereocenters. The fourth-order valence-electron chi connectivity index (χ4n) is 2.18. The second-order valence-electron chi connectivity index (χ2n) is 4.27. The lowest BCUT2D eigenvalue weighted by atomic mass is 9.90. The molecule has 1 aliphatic rings. The topological polar surface area (TPSA) is 35.5 Å². The maximum atomic E-state index is 11.1. The monoisotopic (exact) mass is 252 g/mol. The maximum Gasteiger partial charge on any atom is 0.231 e. The molecule has 0 saturated carbocycles. The minimum Gasteiger partial charge on any atom is -0.454 e. The Labute approximate surface area is 107 Å². The first-order valence-corrected chi connectivity index (χ1v) is 6.18. The number of thiol groups is 1. The van der Waals surface area contributed by atoms with Crippen LogP contribution in [-0.2, 0) is 4.79 Å². The second-order valence-corrected chi connectivity index (χ2v) is 4.76. The zero-order valence-electron chi connectivity index (χ0n) is 10.0. The first kappa shape index (κ1) is 12.3. The van der Waals surface area contributed by atoms with Crippen molar-refractivity contribution in [3.63, 3.8) is 0 Å². The Kier molecular flexibility index (Phi) is 3.62. The summed E-state index contributed by atoms with van der Waals surface area (Å²) < 4.78 is 10.7. The van der Waals surface area contributed by atoms with Gasteiger partial charge in [-0.1, -0.05) is 6.92 Å².